The van der Waals surface area contributed by atoms with Crippen LogP contribution in [0, 0.1) is 0 Å². The van der Waals surface area contributed by atoms with Crippen molar-refractivity contribution in [3.63, 3.8) is 0 Å². The molecular formula is C13H14ClNO4. The van der Waals surface area contributed by atoms with Gasteiger partial charge in [-0.3, -0.25) is 4.79 Å². The number of hydrogen-bond donors (Lipinski definition) is 1. The quantitative estimate of drug-likeness (QED) is 0.680. The summed E-state index contributed by atoms with van der Waals surface area (Å²) in [6.07, 6.45) is 1.26. The molecular weight excluding hydrogens is 270 g/mol. The molecule has 0 radical (unpaired) electrons. The van der Waals surface area contributed by atoms with Crippen LogP contribution >= 0.6 is 11.6 Å². The molecule has 5 nitrogen and oxygen atoms in total. The lowest BCUT2D eigenvalue weighted by Crippen LogP contribution is -2.30. The summed E-state index contributed by atoms with van der Waals surface area (Å²) in [5.74, 6) is -0.708. The summed E-state index contributed by atoms with van der Waals surface area (Å²) in [5, 5.41) is 0.576. The largest absolute Gasteiger partial charge is 0.484 e. The number of amides is 1. The third-order valence-electron chi connectivity index (χ3n) is 1.86. The standard InChI is InChI=1S/C13H14ClNO4/c1-9(2)7-13(17)19-15-12(16)8-18-11-5-3-10(14)4-6-11/h3-7H,8H2,1-2H3,(H,15,16). The summed E-state index contributed by atoms with van der Waals surface area (Å²) in [6.45, 7) is 3.23. The van der Waals surface area contributed by atoms with E-state index in [2.05, 4.69) is 4.84 Å². The average molecular weight is 284 g/mol. The Morgan fingerprint density at radius 3 is 2.47 bits per heavy atom. The molecule has 6 heteroatoms. The lowest BCUT2D eigenvalue weighted by molar-refractivity contribution is -0.154. The Hall–Kier alpha value is -2.01. The fraction of sp³-hybridized carbons (Fsp3) is 0.231. The first-order chi connectivity index (χ1) is 8.97. The van der Waals surface area contributed by atoms with E-state index >= 15 is 0 Å². The molecule has 1 aromatic carbocycles. The van der Waals surface area contributed by atoms with Crippen molar-refractivity contribution >= 4 is 23.5 Å². The summed E-state index contributed by atoms with van der Waals surface area (Å²) in [6, 6.07) is 6.54. The van der Waals surface area contributed by atoms with E-state index in [1.165, 1.54) is 6.08 Å². The van der Waals surface area contributed by atoms with Gasteiger partial charge in [0.25, 0.3) is 5.91 Å². The first-order valence-corrected chi connectivity index (χ1v) is 5.88. The Labute approximate surface area is 116 Å². The number of halogens is 1. The fourth-order valence-corrected chi connectivity index (χ4v) is 1.21. The van der Waals surface area contributed by atoms with Crippen molar-refractivity contribution in [3.05, 3.63) is 40.9 Å². The monoisotopic (exact) mass is 283 g/mol. The van der Waals surface area contributed by atoms with Crippen molar-refractivity contribution in [2.45, 2.75) is 13.8 Å². The number of hydrogen-bond acceptors (Lipinski definition) is 4. The lowest BCUT2D eigenvalue weighted by Gasteiger charge is -2.06. The second-order valence-electron chi connectivity index (χ2n) is 3.91. The van der Waals surface area contributed by atoms with Crippen LogP contribution in [-0.2, 0) is 14.4 Å². The molecule has 0 aliphatic rings. The predicted octanol–water partition coefficient (Wildman–Crippen LogP) is 2.26. The van der Waals surface area contributed by atoms with E-state index in [-0.39, 0.29) is 6.61 Å². The van der Waals surface area contributed by atoms with Gasteiger partial charge in [-0.15, -0.1) is 0 Å². The average Bonchev–Trinajstić information content (AvgIpc) is 2.35. The van der Waals surface area contributed by atoms with Crippen LogP contribution in [-0.4, -0.2) is 18.5 Å². The van der Waals surface area contributed by atoms with Crippen LogP contribution in [0.15, 0.2) is 35.9 Å². The second kappa shape index (κ2) is 7.43. The molecule has 1 amide bonds. The van der Waals surface area contributed by atoms with Gasteiger partial charge in [0, 0.05) is 11.1 Å². The lowest BCUT2D eigenvalue weighted by atomic mass is 10.3. The van der Waals surface area contributed by atoms with E-state index in [9.17, 15) is 9.59 Å². The van der Waals surface area contributed by atoms with Gasteiger partial charge in [-0.2, -0.15) is 5.48 Å². The number of benzene rings is 1. The van der Waals surface area contributed by atoms with Gasteiger partial charge < -0.3 is 9.57 Å². The van der Waals surface area contributed by atoms with Gasteiger partial charge in [-0.25, -0.2) is 4.79 Å². The zero-order valence-corrected chi connectivity index (χ0v) is 11.4. The molecule has 0 aliphatic heterocycles. The normalized spacial score (nSPS) is 9.42. The zero-order valence-electron chi connectivity index (χ0n) is 10.6. The molecule has 0 heterocycles. The summed E-state index contributed by atoms with van der Waals surface area (Å²) in [7, 11) is 0. The number of ether oxygens (including phenoxy) is 1. The molecule has 19 heavy (non-hydrogen) atoms. The van der Waals surface area contributed by atoms with Gasteiger partial charge in [0.1, 0.15) is 5.75 Å². The molecule has 0 atom stereocenters. The Kier molecular flexibility index (Phi) is 5.89. The van der Waals surface area contributed by atoms with E-state index in [1.54, 1.807) is 38.1 Å². The summed E-state index contributed by atoms with van der Waals surface area (Å²) in [4.78, 5) is 26.9. The van der Waals surface area contributed by atoms with Crippen molar-refractivity contribution in [2.75, 3.05) is 6.61 Å². The van der Waals surface area contributed by atoms with Crippen molar-refractivity contribution in [1.82, 2.24) is 5.48 Å². The van der Waals surface area contributed by atoms with E-state index in [4.69, 9.17) is 16.3 Å². The first kappa shape index (κ1) is 15.0. The SMILES string of the molecule is CC(C)=CC(=O)ONC(=O)COc1ccc(Cl)cc1. The molecule has 0 aromatic heterocycles. The van der Waals surface area contributed by atoms with Crippen molar-refractivity contribution in [3.8, 4) is 5.75 Å². The first-order valence-electron chi connectivity index (χ1n) is 5.50. The van der Waals surface area contributed by atoms with Crippen LogP contribution in [0.4, 0.5) is 0 Å². The maximum absolute atomic E-state index is 11.3. The van der Waals surface area contributed by atoms with Crippen LogP contribution in [0.25, 0.3) is 0 Å². The van der Waals surface area contributed by atoms with Crippen molar-refractivity contribution in [2.24, 2.45) is 0 Å². The predicted molar refractivity (Wildman–Crippen MR) is 70.6 cm³/mol. The maximum atomic E-state index is 11.3. The molecule has 1 N–H and O–H groups in total. The summed E-state index contributed by atoms with van der Waals surface area (Å²) >= 11 is 5.70. The topological polar surface area (TPSA) is 64.6 Å². The maximum Gasteiger partial charge on any atom is 0.355 e. The molecule has 102 valence electrons. The molecule has 0 aliphatic carbocycles. The minimum absolute atomic E-state index is 0.260. The van der Waals surface area contributed by atoms with Crippen molar-refractivity contribution < 1.29 is 19.2 Å². The Morgan fingerprint density at radius 1 is 1.26 bits per heavy atom. The second-order valence-corrected chi connectivity index (χ2v) is 4.35. The number of carbonyl (C=O) groups excluding carboxylic acids is 2. The van der Waals surface area contributed by atoms with Gasteiger partial charge in [-0.05, 0) is 38.1 Å². The van der Waals surface area contributed by atoms with E-state index < -0.39 is 11.9 Å². The highest BCUT2D eigenvalue weighted by Crippen LogP contribution is 2.15. The third-order valence-corrected chi connectivity index (χ3v) is 2.11. The number of hydroxylamine groups is 1. The minimum Gasteiger partial charge on any atom is -0.484 e. The number of nitrogens with one attached hydrogen (secondary N) is 1. The third kappa shape index (κ3) is 6.47. The molecule has 0 fully saturated rings. The van der Waals surface area contributed by atoms with Gasteiger partial charge in [0.15, 0.2) is 6.61 Å². The van der Waals surface area contributed by atoms with Crippen LogP contribution in [0.1, 0.15) is 13.8 Å². The smallest absolute Gasteiger partial charge is 0.355 e. The Bertz CT molecular complexity index is 478. The van der Waals surface area contributed by atoms with Gasteiger partial charge >= 0.3 is 5.97 Å². The highest BCUT2D eigenvalue weighted by molar-refractivity contribution is 6.30. The Balaban J connectivity index is 2.30. The molecule has 1 aromatic rings. The minimum atomic E-state index is -0.639. The number of rotatable bonds is 4. The van der Waals surface area contributed by atoms with Crippen molar-refractivity contribution in [1.29, 1.82) is 0 Å². The van der Waals surface area contributed by atoms with E-state index in [0.29, 0.717) is 10.8 Å². The van der Waals surface area contributed by atoms with Gasteiger partial charge in [0.2, 0.25) is 0 Å². The van der Waals surface area contributed by atoms with E-state index in [0.717, 1.165) is 5.57 Å². The van der Waals surface area contributed by atoms with Crippen LogP contribution < -0.4 is 10.2 Å². The summed E-state index contributed by atoms with van der Waals surface area (Å²) in [5.41, 5.74) is 2.76. The highest BCUT2D eigenvalue weighted by atomic mass is 35.5. The molecule has 0 unspecified atom stereocenters. The summed E-state index contributed by atoms with van der Waals surface area (Å²) < 4.78 is 5.16. The molecule has 0 bridgehead atoms. The van der Waals surface area contributed by atoms with Crippen LogP contribution in [0.5, 0.6) is 5.75 Å². The molecule has 0 saturated heterocycles. The van der Waals surface area contributed by atoms with E-state index in [1.807, 2.05) is 5.48 Å². The van der Waals surface area contributed by atoms with Gasteiger partial charge in [-0.1, -0.05) is 17.2 Å². The van der Waals surface area contributed by atoms with Crippen LogP contribution in [0.2, 0.25) is 5.02 Å². The highest BCUT2D eigenvalue weighted by Gasteiger charge is 2.05. The molecule has 0 spiro atoms. The van der Waals surface area contributed by atoms with Gasteiger partial charge in [0.05, 0.1) is 0 Å². The fourth-order valence-electron chi connectivity index (χ4n) is 1.08. The Morgan fingerprint density at radius 2 is 1.89 bits per heavy atom. The zero-order chi connectivity index (χ0) is 14.3. The number of carbonyl (C=O) groups is 2. The molecule has 0 saturated carbocycles. The van der Waals surface area contributed by atoms with Crippen LogP contribution in [0.3, 0.4) is 0 Å². The molecule has 1 rings (SSSR count). The number of allylic oxidation sites excluding steroid dienone is 1.